The van der Waals surface area contributed by atoms with Crippen LogP contribution in [0.15, 0.2) is 171 Å². The fourth-order valence-electron chi connectivity index (χ4n) is 10.4. The van der Waals surface area contributed by atoms with Gasteiger partial charge in [0.2, 0.25) is 0 Å². The van der Waals surface area contributed by atoms with Gasteiger partial charge in [-0.25, -0.2) is 0 Å². The number of aromatic nitrogens is 10. The summed E-state index contributed by atoms with van der Waals surface area (Å²) < 4.78 is 7.46. The fourth-order valence-corrected chi connectivity index (χ4v) is 10.4. The van der Waals surface area contributed by atoms with Crippen LogP contribution in [-0.4, -0.2) is 75.4 Å². The maximum atomic E-state index is 4.56. The van der Waals surface area contributed by atoms with Gasteiger partial charge >= 0.3 is 77.4 Å². The molecule has 10 aromatic rings. The monoisotopic (exact) mass is 1270 g/mol. The molecule has 6 aromatic heterocycles. The third kappa shape index (κ3) is 6.42. The van der Waals surface area contributed by atoms with E-state index in [0.29, 0.717) is 0 Å². The molecule has 14 nitrogen and oxygen atoms in total. The molecular formula is C54H34N14Pt2+4. The Hall–Kier alpha value is -8.10. The molecule has 0 saturated heterocycles. The van der Waals surface area contributed by atoms with Gasteiger partial charge in [0.05, 0.1) is 34.6 Å². The summed E-state index contributed by atoms with van der Waals surface area (Å²) in [6.45, 7) is 0. The van der Waals surface area contributed by atoms with Crippen LogP contribution in [-0.2, 0) is 53.0 Å². The van der Waals surface area contributed by atoms with Crippen molar-refractivity contribution in [2.75, 3.05) is 14.1 Å². The van der Waals surface area contributed by atoms with Crippen LogP contribution in [0.3, 0.4) is 0 Å². The van der Waals surface area contributed by atoms with Gasteiger partial charge in [0, 0.05) is 46.1 Å². The fraction of sp³-hybridized carbons (Fsp3) is 0.0741. The maximum Gasteiger partial charge on any atom is 2.00 e. The molecule has 4 aliphatic rings. The Morgan fingerprint density at radius 3 is 1.29 bits per heavy atom. The van der Waals surface area contributed by atoms with E-state index in [1.54, 1.807) is 37.2 Å². The molecule has 0 bridgehead atoms. The Morgan fingerprint density at radius 2 is 0.857 bits per heavy atom. The van der Waals surface area contributed by atoms with Crippen LogP contribution < -0.4 is 19.3 Å². The molecule has 0 fully saturated rings. The molecule has 4 aromatic carbocycles. The van der Waals surface area contributed by atoms with Gasteiger partial charge in [0.15, 0.2) is 12.4 Å². The first-order chi connectivity index (χ1) is 33.6. The largest absolute Gasteiger partial charge is 2.00 e. The topological polar surface area (TPSA) is 143 Å². The third-order valence-electron chi connectivity index (χ3n) is 13.1. The molecule has 0 radical (unpaired) electrons. The summed E-state index contributed by atoms with van der Waals surface area (Å²) >= 11 is 0. The first-order valence-electron chi connectivity index (χ1n) is 21.8. The van der Waals surface area contributed by atoms with E-state index in [4.69, 9.17) is 0 Å². The van der Waals surface area contributed by atoms with Crippen molar-refractivity contribution in [2.24, 2.45) is 0 Å². The van der Waals surface area contributed by atoms with Crippen LogP contribution in [0.5, 0.6) is 0 Å². The van der Waals surface area contributed by atoms with Crippen molar-refractivity contribution >= 4 is 46.7 Å². The van der Waals surface area contributed by atoms with E-state index in [-0.39, 0.29) is 42.1 Å². The molecule has 336 valence electrons. The van der Waals surface area contributed by atoms with Crippen molar-refractivity contribution in [3.05, 3.63) is 228 Å². The van der Waals surface area contributed by atoms with Crippen molar-refractivity contribution in [1.82, 2.24) is 59.4 Å². The van der Waals surface area contributed by atoms with Crippen LogP contribution in [0.1, 0.15) is 44.8 Å². The molecule has 2 unspecified atom stereocenters. The molecule has 8 heterocycles. The normalized spacial score (nSPS) is 17.1. The molecule has 0 spiro atoms. The summed E-state index contributed by atoms with van der Waals surface area (Å²) in [5.74, 6) is 2.93. The van der Waals surface area contributed by atoms with Crippen LogP contribution in [0.4, 0.5) is 34.6 Å². The summed E-state index contributed by atoms with van der Waals surface area (Å²) in [4.78, 5) is 27.0. The predicted octanol–water partition coefficient (Wildman–Crippen LogP) is 7.36. The molecule has 2 atom stereocenters. The first-order valence-corrected chi connectivity index (χ1v) is 21.8. The Balaban J connectivity index is 0.000000148. The summed E-state index contributed by atoms with van der Waals surface area (Å²) in [5.41, 5.74) is 12.9. The van der Waals surface area contributed by atoms with Crippen LogP contribution in [0, 0.1) is 12.1 Å². The SMILES string of the molecule is C[N+]1=C=[N+](c2[c-]c(C3(c4cc[n-]n4)c4ccccc4-c4ccncc43)ccc2)c2nccnc21.C[N+]1=C=[N+](c2[c-]c(C3(c4cc[n-]n4)c4ccccc4-c4ccncc43)ccc2)c2nccnc21.[Pt+2].[Pt+2]. The third-order valence-corrected chi connectivity index (χ3v) is 13.1. The summed E-state index contributed by atoms with van der Waals surface area (Å²) in [5, 5.41) is 17.5. The molecule has 70 heavy (non-hydrogen) atoms. The molecule has 14 rings (SSSR count). The Kier molecular flexibility index (Phi) is 11.1. The Labute approximate surface area is 429 Å². The van der Waals surface area contributed by atoms with Gasteiger partial charge in [0.25, 0.3) is 0 Å². The second-order valence-corrected chi connectivity index (χ2v) is 16.6. The van der Waals surface area contributed by atoms with Crippen molar-refractivity contribution in [1.29, 1.82) is 0 Å². The molecule has 0 amide bonds. The molecule has 16 heteroatoms. The maximum absolute atomic E-state index is 4.56. The van der Waals surface area contributed by atoms with Gasteiger partial charge in [-0.3, -0.25) is 9.97 Å². The molecule has 0 saturated carbocycles. The number of benzene rings is 4. The van der Waals surface area contributed by atoms with Gasteiger partial charge in [-0.15, -0.1) is 53.7 Å². The predicted molar refractivity (Wildman–Crippen MR) is 252 cm³/mol. The first kappa shape index (κ1) is 44.4. The molecular weight excluding hydrogens is 1230 g/mol. The van der Waals surface area contributed by atoms with E-state index in [1.165, 1.54) is 0 Å². The van der Waals surface area contributed by atoms with Crippen molar-refractivity contribution in [2.45, 2.75) is 10.8 Å². The van der Waals surface area contributed by atoms with E-state index >= 15 is 0 Å². The zero-order valence-electron chi connectivity index (χ0n) is 37.1. The van der Waals surface area contributed by atoms with E-state index < -0.39 is 10.8 Å². The summed E-state index contributed by atoms with van der Waals surface area (Å²) in [6, 6.07) is 51.2. The van der Waals surface area contributed by atoms with Crippen LogP contribution in [0.2, 0.25) is 0 Å². The number of fused-ring (bicyclic) bond motifs is 8. The zero-order valence-corrected chi connectivity index (χ0v) is 41.6. The Bertz CT molecular complexity index is 3490. The van der Waals surface area contributed by atoms with Crippen molar-refractivity contribution in [3.63, 3.8) is 0 Å². The van der Waals surface area contributed by atoms with Crippen molar-refractivity contribution in [3.8, 4) is 22.3 Å². The van der Waals surface area contributed by atoms with E-state index in [9.17, 15) is 0 Å². The molecule has 0 N–H and O–H groups in total. The standard InChI is InChI=1S/2C27H17N7.2Pt/c2*1-33-17-34(26-25(33)29-13-14-30-26)19-6-4-5-18(15-19)27(24-10-12-31-32-24)22-8-3-2-7-20(22)21-9-11-28-16-23(21)27;;/h2*2-14,16H,1H3;;/q;;2*+2. The molecule has 2 aliphatic heterocycles. The second kappa shape index (κ2) is 17.4. The second-order valence-electron chi connectivity index (χ2n) is 16.6. The number of pyridine rings is 2. The molecule has 2 aliphatic carbocycles. The number of hydrogen-bond acceptors (Lipinski definition) is 8. The van der Waals surface area contributed by atoms with Crippen LogP contribution >= 0.6 is 0 Å². The average molecular weight is 1270 g/mol. The number of hydrogen-bond donors (Lipinski definition) is 0. The summed E-state index contributed by atoms with van der Waals surface area (Å²) in [6.07, 6.45) is 17.8. The van der Waals surface area contributed by atoms with Gasteiger partial charge < -0.3 is 20.4 Å². The van der Waals surface area contributed by atoms with Gasteiger partial charge in [-0.2, -0.15) is 46.6 Å². The number of rotatable bonds is 6. The zero-order chi connectivity index (χ0) is 45.4. The van der Waals surface area contributed by atoms with Crippen molar-refractivity contribution < 1.29 is 51.3 Å². The minimum Gasteiger partial charge on any atom is -0.581 e. The smallest absolute Gasteiger partial charge is 0.581 e. The van der Waals surface area contributed by atoms with E-state index in [1.807, 2.05) is 93.6 Å². The minimum atomic E-state index is -0.691. The quantitative estimate of drug-likeness (QED) is 0.122. The number of nitrogens with zero attached hydrogens (tertiary/aromatic N) is 14. The van der Waals surface area contributed by atoms with Gasteiger partial charge in [0.1, 0.15) is 14.1 Å². The van der Waals surface area contributed by atoms with E-state index in [0.717, 1.165) is 102 Å². The summed E-state index contributed by atoms with van der Waals surface area (Å²) in [7, 11) is 3.82. The average Bonchev–Trinajstić information content (AvgIpc) is 4.28. The van der Waals surface area contributed by atoms with Crippen LogP contribution in [0.25, 0.3) is 22.3 Å². The minimum absolute atomic E-state index is 0. The van der Waals surface area contributed by atoms with Gasteiger partial charge in [-0.05, 0) is 56.6 Å². The Morgan fingerprint density at radius 1 is 0.443 bits per heavy atom. The van der Waals surface area contributed by atoms with E-state index in [2.05, 4.69) is 147 Å². The van der Waals surface area contributed by atoms with Gasteiger partial charge in [-0.1, -0.05) is 60.7 Å².